The van der Waals surface area contributed by atoms with Crippen molar-refractivity contribution in [1.29, 1.82) is 0 Å². The lowest BCUT2D eigenvalue weighted by molar-refractivity contribution is 0.324. The third kappa shape index (κ3) is 1.68. The molecule has 2 aliphatic rings. The van der Waals surface area contributed by atoms with E-state index in [2.05, 4.69) is 0 Å². The average Bonchev–Trinajstić information content (AvgIpc) is 2.93. The van der Waals surface area contributed by atoms with Gasteiger partial charge in [-0.25, -0.2) is 14.0 Å². The summed E-state index contributed by atoms with van der Waals surface area (Å²) >= 11 is 0. The van der Waals surface area contributed by atoms with E-state index in [-0.39, 0.29) is 24.5 Å². The van der Waals surface area contributed by atoms with Crippen LogP contribution in [-0.4, -0.2) is 35.5 Å². The molecule has 0 N–H and O–H groups in total. The summed E-state index contributed by atoms with van der Waals surface area (Å²) in [6.45, 7) is 0.115. The van der Waals surface area contributed by atoms with E-state index < -0.39 is 12.2 Å². The Morgan fingerprint density at radius 3 is 2.53 bits per heavy atom. The number of benzene rings is 1. The Morgan fingerprint density at radius 1 is 1.16 bits per heavy atom. The van der Waals surface area contributed by atoms with Crippen molar-refractivity contribution in [3.05, 3.63) is 41.8 Å². The molecular weight excluding hydrogens is 247 g/mol. The Hall–Kier alpha value is -2.35. The predicted molar refractivity (Wildman–Crippen MR) is 67.3 cm³/mol. The highest BCUT2D eigenvalue weighted by Crippen LogP contribution is 2.40. The van der Waals surface area contributed by atoms with Gasteiger partial charge in [0.15, 0.2) is 5.94 Å². The lowest BCUT2D eigenvalue weighted by Crippen LogP contribution is -2.25. The van der Waals surface area contributed by atoms with Crippen molar-refractivity contribution in [2.75, 3.05) is 11.4 Å². The van der Waals surface area contributed by atoms with Crippen molar-refractivity contribution in [2.24, 2.45) is 0 Å². The van der Waals surface area contributed by atoms with Crippen LogP contribution in [0.5, 0.6) is 0 Å². The number of rotatable bonds is 1. The first kappa shape index (κ1) is 11.7. The number of fused-ring (bicyclic) bond motifs is 1. The molecule has 96 valence electrons. The first-order chi connectivity index (χ1) is 9.26. The summed E-state index contributed by atoms with van der Waals surface area (Å²) < 4.78 is 13.4. The topological polar surface area (TPSA) is 40.6 Å². The monoisotopic (exact) mass is 258 g/mol. The molecule has 0 radical (unpaired) electrons. The summed E-state index contributed by atoms with van der Waals surface area (Å²) in [6.07, 6.45) is -0.825. The second-order valence-electron chi connectivity index (χ2n) is 4.59. The summed E-state index contributed by atoms with van der Waals surface area (Å²) in [5, 5.41) is 0. The standard InChI is InChI=1S/C14H11FN2O2/c15-10-6-12-13(8-18)17(11-4-2-1-3-5-11)14(9-19)16(12)7-10/h1-5,10,12H,6-7H2. The van der Waals surface area contributed by atoms with Gasteiger partial charge in [0.25, 0.3) is 0 Å². The molecule has 0 aliphatic carbocycles. The molecule has 5 heteroatoms. The minimum absolute atomic E-state index is 0.115. The zero-order valence-corrected chi connectivity index (χ0v) is 10.0. The Morgan fingerprint density at radius 2 is 1.89 bits per heavy atom. The fourth-order valence-corrected chi connectivity index (χ4v) is 2.73. The Bertz CT molecular complexity index is 569. The molecule has 0 amide bonds. The molecule has 19 heavy (non-hydrogen) atoms. The maximum atomic E-state index is 13.4. The zero-order valence-electron chi connectivity index (χ0n) is 10.0. The third-order valence-electron chi connectivity index (χ3n) is 3.50. The number of anilines is 1. The van der Waals surface area contributed by atoms with E-state index in [9.17, 15) is 14.0 Å². The number of hydrogen-bond donors (Lipinski definition) is 0. The van der Waals surface area contributed by atoms with Gasteiger partial charge >= 0.3 is 0 Å². The Labute approximate surface area is 109 Å². The normalized spacial score (nSPS) is 25.3. The Balaban J connectivity index is 2.11. The van der Waals surface area contributed by atoms with Crippen LogP contribution in [0, 0.1) is 0 Å². The maximum Gasteiger partial charge on any atom is 0.201 e. The van der Waals surface area contributed by atoms with Gasteiger partial charge in [0.05, 0.1) is 12.6 Å². The van der Waals surface area contributed by atoms with Crippen LogP contribution in [-0.2, 0) is 9.59 Å². The largest absolute Gasteiger partial charge is 0.336 e. The van der Waals surface area contributed by atoms with Crippen LogP contribution in [0.4, 0.5) is 10.1 Å². The molecule has 2 fully saturated rings. The summed E-state index contributed by atoms with van der Waals surface area (Å²) in [6, 6.07) is 8.60. The summed E-state index contributed by atoms with van der Waals surface area (Å²) in [4.78, 5) is 25.5. The van der Waals surface area contributed by atoms with E-state index in [4.69, 9.17) is 0 Å². The van der Waals surface area contributed by atoms with Crippen molar-refractivity contribution in [1.82, 2.24) is 4.90 Å². The van der Waals surface area contributed by atoms with Gasteiger partial charge < -0.3 is 4.90 Å². The molecule has 0 saturated carbocycles. The molecule has 0 bridgehead atoms. The lowest BCUT2D eigenvalue weighted by Gasteiger charge is -2.19. The summed E-state index contributed by atoms with van der Waals surface area (Å²) in [7, 11) is 0. The molecule has 3 rings (SSSR count). The third-order valence-corrected chi connectivity index (χ3v) is 3.50. The van der Waals surface area contributed by atoms with Crippen LogP contribution in [0.15, 0.2) is 41.8 Å². The van der Waals surface area contributed by atoms with Crippen molar-refractivity contribution < 1.29 is 14.0 Å². The minimum Gasteiger partial charge on any atom is -0.336 e. The molecule has 2 unspecified atom stereocenters. The number of carbonyl (C=O) groups excluding carboxylic acids is 2. The molecular formula is C14H11FN2O2. The molecule has 1 aromatic carbocycles. The molecule has 2 saturated heterocycles. The van der Waals surface area contributed by atoms with Crippen LogP contribution in [0.25, 0.3) is 0 Å². The molecule has 2 atom stereocenters. The van der Waals surface area contributed by atoms with E-state index in [0.717, 1.165) is 0 Å². The first-order valence-electron chi connectivity index (χ1n) is 6.02. The number of alkyl halides is 1. The maximum absolute atomic E-state index is 13.4. The van der Waals surface area contributed by atoms with Crippen LogP contribution in [0.2, 0.25) is 0 Å². The van der Waals surface area contributed by atoms with E-state index in [1.165, 1.54) is 4.90 Å². The molecule has 1 aromatic rings. The van der Waals surface area contributed by atoms with Gasteiger partial charge in [-0.2, -0.15) is 0 Å². The lowest BCUT2D eigenvalue weighted by atomic mass is 10.1. The van der Waals surface area contributed by atoms with Crippen molar-refractivity contribution >= 4 is 17.6 Å². The first-order valence-corrected chi connectivity index (χ1v) is 6.02. The smallest absolute Gasteiger partial charge is 0.201 e. The van der Waals surface area contributed by atoms with Crippen molar-refractivity contribution in [3.8, 4) is 0 Å². The molecule has 2 heterocycles. The summed E-state index contributed by atoms with van der Waals surface area (Å²) in [5.74, 6) is 3.86. The van der Waals surface area contributed by atoms with Crippen molar-refractivity contribution in [2.45, 2.75) is 18.6 Å². The quantitative estimate of drug-likeness (QED) is 0.712. The highest BCUT2D eigenvalue weighted by Gasteiger charge is 2.47. The van der Waals surface area contributed by atoms with E-state index in [1.54, 1.807) is 17.0 Å². The van der Waals surface area contributed by atoms with Gasteiger partial charge in [-0.3, -0.25) is 4.90 Å². The molecule has 2 aliphatic heterocycles. The van der Waals surface area contributed by atoms with Gasteiger partial charge in [-0.15, -0.1) is 0 Å². The van der Waals surface area contributed by atoms with E-state index in [1.807, 2.05) is 30.1 Å². The zero-order chi connectivity index (χ0) is 13.4. The predicted octanol–water partition coefficient (Wildman–Crippen LogP) is 1.31. The van der Waals surface area contributed by atoms with Gasteiger partial charge in [-0.1, -0.05) is 18.2 Å². The van der Waals surface area contributed by atoms with Crippen molar-refractivity contribution in [3.63, 3.8) is 0 Å². The van der Waals surface area contributed by atoms with E-state index in [0.29, 0.717) is 5.69 Å². The van der Waals surface area contributed by atoms with Crippen LogP contribution in [0.1, 0.15) is 6.42 Å². The van der Waals surface area contributed by atoms with Crippen LogP contribution >= 0.6 is 0 Å². The average molecular weight is 258 g/mol. The SMILES string of the molecule is O=C=C1C2CC(F)CN2C(=C=O)N1c1ccccc1. The number of para-hydroxylation sites is 1. The fraction of sp³-hybridized carbons (Fsp3) is 0.286. The van der Waals surface area contributed by atoms with E-state index >= 15 is 0 Å². The van der Waals surface area contributed by atoms with Gasteiger partial charge in [0.1, 0.15) is 17.8 Å². The summed E-state index contributed by atoms with van der Waals surface area (Å²) in [5.41, 5.74) is 0.966. The molecule has 4 nitrogen and oxygen atoms in total. The van der Waals surface area contributed by atoms with Gasteiger partial charge in [0.2, 0.25) is 5.82 Å². The van der Waals surface area contributed by atoms with Gasteiger partial charge in [0, 0.05) is 12.1 Å². The van der Waals surface area contributed by atoms with Gasteiger partial charge in [-0.05, 0) is 12.1 Å². The second kappa shape index (κ2) is 4.39. The highest BCUT2D eigenvalue weighted by molar-refractivity contribution is 5.78. The highest BCUT2D eigenvalue weighted by atomic mass is 19.1. The number of nitrogens with zero attached hydrogens (tertiary/aromatic N) is 2. The second-order valence-corrected chi connectivity index (χ2v) is 4.59. The number of hydrogen-bond acceptors (Lipinski definition) is 4. The number of halogens is 1. The minimum atomic E-state index is -1.03. The van der Waals surface area contributed by atoms with Crippen LogP contribution in [0.3, 0.4) is 0 Å². The van der Waals surface area contributed by atoms with Crippen LogP contribution < -0.4 is 4.90 Å². The fourth-order valence-electron chi connectivity index (χ4n) is 2.73. The molecule has 0 aromatic heterocycles. The Kier molecular flexibility index (Phi) is 2.71. The molecule has 0 spiro atoms.